The van der Waals surface area contributed by atoms with Crippen molar-refractivity contribution in [3.05, 3.63) is 114 Å². The topological polar surface area (TPSA) is 30.7 Å². The molecule has 0 aliphatic rings. The van der Waals surface area contributed by atoms with E-state index in [1.165, 1.54) is 39.9 Å². The molecule has 0 atom stereocenters. The number of rotatable bonds is 5. The summed E-state index contributed by atoms with van der Waals surface area (Å²) in [5.74, 6) is 1.34. The van der Waals surface area contributed by atoms with Gasteiger partial charge < -0.3 is 0 Å². The molecule has 7 aromatic rings. The van der Waals surface area contributed by atoms with Gasteiger partial charge in [-0.15, -0.1) is 11.3 Å². The third kappa shape index (κ3) is 5.04. The van der Waals surface area contributed by atoms with Crippen molar-refractivity contribution in [3.63, 3.8) is 0 Å². The minimum Gasteiger partial charge on any atom is -0.292 e. The number of imidazole rings is 1. The van der Waals surface area contributed by atoms with Crippen LogP contribution in [0.4, 0.5) is 4.39 Å². The molecule has 0 N–H and O–H groups in total. The number of pyridine rings is 1. The molecule has 0 saturated heterocycles. The third-order valence-corrected chi connectivity index (χ3v) is 9.96. The third-order valence-electron chi connectivity index (χ3n) is 8.81. The largest absolute Gasteiger partial charge is 0.292 e. The second kappa shape index (κ2) is 10.9. The van der Waals surface area contributed by atoms with Crippen molar-refractivity contribution >= 4 is 42.7 Å². The minimum absolute atomic E-state index is 0.0358. The summed E-state index contributed by atoms with van der Waals surface area (Å²) in [4.78, 5) is 11.3. The fraction of sp³-hybridized carbons (Fsp3) is 0.250. The first-order chi connectivity index (χ1) is 21.5. The summed E-state index contributed by atoms with van der Waals surface area (Å²) < 4.78 is 17.2. The average molecular weight is 612 g/mol. The Morgan fingerprint density at radius 1 is 0.733 bits per heavy atom. The maximum atomic E-state index is 13.6. The Morgan fingerprint density at radius 3 is 2.09 bits per heavy atom. The zero-order chi connectivity index (χ0) is 31.6. The van der Waals surface area contributed by atoms with Crippen LogP contribution in [0.25, 0.3) is 59.7 Å². The van der Waals surface area contributed by atoms with Gasteiger partial charge in [0, 0.05) is 26.6 Å². The van der Waals surface area contributed by atoms with Gasteiger partial charge in [0.05, 0.1) is 22.4 Å². The minimum atomic E-state index is -0.247. The summed E-state index contributed by atoms with van der Waals surface area (Å²) in [5.41, 5.74) is 10.2. The van der Waals surface area contributed by atoms with E-state index in [0.717, 1.165) is 48.6 Å². The van der Waals surface area contributed by atoms with Gasteiger partial charge in [0.15, 0.2) is 0 Å². The van der Waals surface area contributed by atoms with Crippen molar-refractivity contribution in [1.29, 1.82) is 0 Å². The van der Waals surface area contributed by atoms with E-state index in [2.05, 4.69) is 114 Å². The number of nitrogens with zero attached hydrogens (tertiary/aromatic N) is 3. The lowest BCUT2D eigenvalue weighted by atomic mass is 9.81. The van der Waals surface area contributed by atoms with Crippen LogP contribution in [0.2, 0.25) is 0 Å². The fourth-order valence-corrected chi connectivity index (χ4v) is 7.50. The summed E-state index contributed by atoms with van der Waals surface area (Å²) in [5, 5.41) is 2.28. The smallest absolute Gasteiger partial charge is 0.147 e. The maximum absolute atomic E-state index is 13.6. The summed E-state index contributed by atoms with van der Waals surface area (Å²) in [6.07, 6.45) is 0. The Kier molecular flexibility index (Phi) is 7.13. The lowest BCUT2D eigenvalue weighted by Gasteiger charge is -2.28. The van der Waals surface area contributed by atoms with Crippen LogP contribution in [0, 0.1) is 5.82 Å². The van der Waals surface area contributed by atoms with Gasteiger partial charge in [-0.3, -0.25) is 4.57 Å². The Bertz CT molecular complexity index is 2180. The first-order valence-electron chi connectivity index (χ1n) is 15.8. The number of thiophene rings is 1. The Balaban J connectivity index is 1.53. The van der Waals surface area contributed by atoms with Crippen molar-refractivity contribution in [1.82, 2.24) is 14.5 Å². The summed E-state index contributed by atoms with van der Waals surface area (Å²) in [6.45, 7) is 16.1. The predicted octanol–water partition coefficient (Wildman–Crippen LogP) is 11.8. The molecule has 0 radical (unpaired) electrons. The lowest BCUT2D eigenvalue weighted by Crippen LogP contribution is -2.16. The first kappa shape index (κ1) is 29.4. The van der Waals surface area contributed by atoms with Gasteiger partial charge in [-0.1, -0.05) is 84.9 Å². The normalized spacial score (nSPS) is 12.4. The first-order valence-corrected chi connectivity index (χ1v) is 16.6. The quantitative estimate of drug-likeness (QED) is 0.194. The maximum Gasteiger partial charge on any atom is 0.147 e. The summed E-state index contributed by atoms with van der Waals surface area (Å²) in [7, 11) is 0. The number of hydrogen-bond donors (Lipinski definition) is 0. The molecule has 45 heavy (non-hydrogen) atoms. The number of halogens is 1. The monoisotopic (exact) mass is 611 g/mol. The van der Waals surface area contributed by atoms with Crippen LogP contribution in [0.1, 0.15) is 77.0 Å². The van der Waals surface area contributed by atoms with Crippen LogP contribution in [-0.4, -0.2) is 14.5 Å². The Hall–Kier alpha value is -4.35. The fourth-order valence-electron chi connectivity index (χ4n) is 6.32. The van der Waals surface area contributed by atoms with Crippen molar-refractivity contribution < 1.29 is 4.39 Å². The van der Waals surface area contributed by atoms with Crippen LogP contribution < -0.4 is 0 Å². The van der Waals surface area contributed by atoms with Gasteiger partial charge in [-0.2, -0.15) is 0 Å². The van der Waals surface area contributed by atoms with E-state index < -0.39 is 0 Å². The van der Waals surface area contributed by atoms with Crippen LogP contribution >= 0.6 is 11.3 Å². The van der Waals surface area contributed by atoms with Gasteiger partial charge in [0.2, 0.25) is 0 Å². The van der Waals surface area contributed by atoms with E-state index >= 15 is 0 Å². The number of para-hydroxylation sites is 2. The molecule has 4 aromatic carbocycles. The average Bonchev–Trinajstić information content (AvgIpc) is 3.58. The highest BCUT2D eigenvalue weighted by Crippen LogP contribution is 2.44. The van der Waals surface area contributed by atoms with E-state index in [1.807, 2.05) is 6.07 Å². The predicted molar refractivity (Wildman–Crippen MR) is 189 cm³/mol. The highest BCUT2D eigenvalue weighted by atomic mass is 32.1. The molecular weight excluding hydrogens is 574 g/mol. The van der Waals surface area contributed by atoms with Crippen LogP contribution in [0.3, 0.4) is 0 Å². The molecule has 3 nitrogen and oxygen atoms in total. The molecule has 226 valence electrons. The van der Waals surface area contributed by atoms with Gasteiger partial charge in [0.25, 0.3) is 0 Å². The zero-order valence-electron chi connectivity index (χ0n) is 26.9. The van der Waals surface area contributed by atoms with Crippen molar-refractivity contribution in [3.8, 4) is 28.3 Å². The molecule has 7 rings (SSSR count). The molecule has 0 spiro atoms. The van der Waals surface area contributed by atoms with E-state index in [1.54, 1.807) is 23.5 Å². The van der Waals surface area contributed by atoms with Crippen LogP contribution in [0.5, 0.6) is 0 Å². The molecular formula is C40H38FN3S. The Labute approximate surface area is 268 Å². The molecule has 0 aliphatic carbocycles. The molecule has 5 heteroatoms. The van der Waals surface area contributed by atoms with E-state index in [4.69, 9.17) is 9.97 Å². The number of fused-ring (bicyclic) bond motifs is 4. The molecule has 0 amide bonds. The molecule has 0 fully saturated rings. The number of aromatic nitrogens is 3. The van der Waals surface area contributed by atoms with E-state index in [-0.39, 0.29) is 11.2 Å². The summed E-state index contributed by atoms with van der Waals surface area (Å²) >= 11 is 1.70. The molecule has 0 aliphatic heterocycles. The summed E-state index contributed by atoms with van der Waals surface area (Å²) in [6, 6.07) is 30.6. The van der Waals surface area contributed by atoms with E-state index in [0.29, 0.717) is 11.8 Å². The molecule has 3 aromatic heterocycles. The van der Waals surface area contributed by atoms with Gasteiger partial charge in [-0.05, 0) is 88.5 Å². The highest BCUT2D eigenvalue weighted by molar-refractivity contribution is 7.26. The van der Waals surface area contributed by atoms with Gasteiger partial charge in [0.1, 0.15) is 16.5 Å². The highest BCUT2D eigenvalue weighted by Gasteiger charge is 2.26. The molecule has 3 heterocycles. The second-order valence-electron chi connectivity index (χ2n) is 13.7. The molecule has 0 unspecified atom stereocenters. The second-order valence-corrected chi connectivity index (χ2v) is 14.7. The van der Waals surface area contributed by atoms with Crippen LogP contribution in [0.15, 0.2) is 91.0 Å². The van der Waals surface area contributed by atoms with Crippen molar-refractivity contribution in [2.75, 3.05) is 0 Å². The molecule has 0 bridgehead atoms. The zero-order valence-corrected chi connectivity index (χ0v) is 27.8. The van der Waals surface area contributed by atoms with Gasteiger partial charge in [-0.25, -0.2) is 14.4 Å². The lowest BCUT2D eigenvalue weighted by molar-refractivity contribution is 0.586. The van der Waals surface area contributed by atoms with Crippen molar-refractivity contribution in [2.45, 2.75) is 65.7 Å². The van der Waals surface area contributed by atoms with E-state index in [9.17, 15) is 4.39 Å². The Morgan fingerprint density at radius 2 is 1.42 bits per heavy atom. The van der Waals surface area contributed by atoms with Gasteiger partial charge >= 0.3 is 0 Å². The molecule has 0 saturated carbocycles. The van der Waals surface area contributed by atoms with Crippen molar-refractivity contribution in [2.24, 2.45) is 0 Å². The number of hydrogen-bond acceptors (Lipinski definition) is 3. The standard InChI is InChI=1S/C40H38FN3S/c1-23(2)31-21-26(40(5,6)7)22-32(24(3)4)36(31)44-35-14-9-8-13-34(35)42-38(44)30-12-10-11-28-29-19-20-33(43-39(29)45-37(28)30)25-15-17-27(41)18-16-25/h8-24H,1-7H3. The SMILES string of the molecule is CC(C)c1cc(C(C)(C)C)cc(C(C)C)c1-n1c(-c2cccc3c2sc2nc(-c4ccc(F)cc4)ccc23)nc2ccccc21. The van der Waals surface area contributed by atoms with Crippen LogP contribution in [-0.2, 0) is 5.41 Å². The number of benzene rings is 4.